The summed E-state index contributed by atoms with van der Waals surface area (Å²) in [4.78, 5) is 35.6. The number of carbonyl (C=O) groups excluding carboxylic acids is 1. The number of hydrogen-bond donors (Lipinski definition) is 2. The highest BCUT2D eigenvalue weighted by atomic mass is 32.1. The third-order valence-electron chi connectivity index (χ3n) is 6.49. The zero-order valence-corrected chi connectivity index (χ0v) is 20.0. The second-order valence-corrected chi connectivity index (χ2v) is 9.64. The van der Waals surface area contributed by atoms with Crippen LogP contribution in [-0.2, 0) is 17.8 Å². The SMILES string of the molecule is CCc1ccc(CNC(=O)[C@H]2CCCN(c3nc4c(-c5ccccc5)csc4c(=O)[nH]3)C2)cc1. The van der Waals surface area contributed by atoms with Gasteiger partial charge in [-0.05, 0) is 36.0 Å². The van der Waals surface area contributed by atoms with Gasteiger partial charge in [0, 0.05) is 30.6 Å². The molecule has 0 unspecified atom stereocenters. The quantitative estimate of drug-likeness (QED) is 0.425. The number of H-pyrrole nitrogens is 1. The zero-order chi connectivity index (χ0) is 23.5. The molecule has 6 nitrogen and oxygen atoms in total. The molecule has 1 aliphatic rings. The van der Waals surface area contributed by atoms with Gasteiger partial charge in [0.25, 0.3) is 5.56 Å². The fraction of sp³-hybridized carbons (Fsp3) is 0.296. The summed E-state index contributed by atoms with van der Waals surface area (Å²) < 4.78 is 0.628. The van der Waals surface area contributed by atoms with Crippen LogP contribution in [0, 0.1) is 5.92 Å². The monoisotopic (exact) mass is 472 g/mol. The van der Waals surface area contributed by atoms with Crippen molar-refractivity contribution in [2.45, 2.75) is 32.7 Å². The van der Waals surface area contributed by atoms with E-state index in [-0.39, 0.29) is 17.4 Å². The Morgan fingerprint density at radius 2 is 1.91 bits per heavy atom. The Bertz CT molecular complexity index is 1340. The Morgan fingerprint density at radius 3 is 2.68 bits per heavy atom. The van der Waals surface area contributed by atoms with Crippen LogP contribution in [0.3, 0.4) is 0 Å². The Kier molecular flexibility index (Phi) is 6.45. The van der Waals surface area contributed by atoms with E-state index >= 15 is 0 Å². The molecule has 1 saturated heterocycles. The zero-order valence-electron chi connectivity index (χ0n) is 19.2. The first-order valence-corrected chi connectivity index (χ1v) is 12.7. The van der Waals surface area contributed by atoms with Gasteiger partial charge in [-0.15, -0.1) is 11.3 Å². The van der Waals surface area contributed by atoms with Crippen molar-refractivity contribution in [3.63, 3.8) is 0 Å². The molecule has 2 aromatic heterocycles. The van der Waals surface area contributed by atoms with E-state index in [1.165, 1.54) is 16.9 Å². The van der Waals surface area contributed by atoms with Crippen LogP contribution in [0.1, 0.15) is 30.9 Å². The maximum Gasteiger partial charge on any atom is 0.270 e. The van der Waals surface area contributed by atoms with Crippen LogP contribution in [-0.4, -0.2) is 29.0 Å². The minimum atomic E-state index is -0.138. The van der Waals surface area contributed by atoms with Gasteiger partial charge >= 0.3 is 0 Å². The number of benzene rings is 2. The molecule has 4 aromatic rings. The summed E-state index contributed by atoms with van der Waals surface area (Å²) >= 11 is 1.41. The van der Waals surface area contributed by atoms with E-state index in [1.807, 2.05) is 40.6 Å². The number of hydrogen-bond acceptors (Lipinski definition) is 5. The fourth-order valence-electron chi connectivity index (χ4n) is 4.50. The second-order valence-electron chi connectivity index (χ2n) is 8.76. The molecule has 1 aliphatic heterocycles. The molecule has 0 bridgehead atoms. The standard InChI is InChI=1S/C27H28N4O2S/c1-2-18-10-12-19(13-11-18)15-28-25(32)21-9-6-14-31(16-21)27-29-23-22(20-7-4-3-5-8-20)17-34-24(23)26(33)30-27/h3-5,7-8,10-13,17,21H,2,6,9,14-16H2,1H3,(H,28,32)(H,29,30,33)/t21-/m0/s1. The highest BCUT2D eigenvalue weighted by Crippen LogP contribution is 2.32. The van der Waals surface area contributed by atoms with Gasteiger partial charge in [0.1, 0.15) is 4.70 Å². The largest absolute Gasteiger partial charge is 0.352 e. The van der Waals surface area contributed by atoms with Crippen molar-refractivity contribution >= 4 is 33.4 Å². The normalized spacial score (nSPS) is 16.0. The Hall–Kier alpha value is -3.45. The lowest BCUT2D eigenvalue weighted by molar-refractivity contribution is -0.125. The van der Waals surface area contributed by atoms with Crippen molar-refractivity contribution in [2.24, 2.45) is 5.92 Å². The Morgan fingerprint density at radius 1 is 1.15 bits per heavy atom. The molecule has 2 N–H and O–H groups in total. The number of piperidine rings is 1. The summed E-state index contributed by atoms with van der Waals surface area (Å²) in [5.74, 6) is 0.453. The summed E-state index contributed by atoms with van der Waals surface area (Å²) in [6, 6.07) is 18.4. The van der Waals surface area contributed by atoms with E-state index in [0.717, 1.165) is 48.0 Å². The molecule has 5 rings (SSSR count). The first kappa shape index (κ1) is 22.3. The van der Waals surface area contributed by atoms with E-state index in [0.29, 0.717) is 23.7 Å². The van der Waals surface area contributed by atoms with Gasteiger partial charge in [-0.1, -0.05) is 61.5 Å². The van der Waals surface area contributed by atoms with Crippen molar-refractivity contribution in [3.05, 3.63) is 81.5 Å². The van der Waals surface area contributed by atoms with E-state index in [1.54, 1.807) is 0 Å². The molecule has 34 heavy (non-hydrogen) atoms. The first-order chi connectivity index (χ1) is 16.6. The van der Waals surface area contributed by atoms with Crippen molar-refractivity contribution in [2.75, 3.05) is 18.0 Å². The molecular weight excluding hydrogens is 444 g/mol. The summed E-state index contributed by atoms with van der Waals surface area (Å²) in [6.45, 7) is 3.96. The molecule has 0 aliphatic carbocycles. The molecule has 0 radical (unpaired) electrons. The number of aromatic nitrogens is 2. The van der Waals surface area contributed by atoms with Crippen LogP contribution < -0.4 is 15.8 Å². The van der Waals surface area contributed by atoms with Gasteiger partial charge in [-0.2, -0.15) is 0 Å². The minimum Gasteiger partial charge on any atom is -0.352 e. The fourth-order valence-corrected chi connectivity index (χ4v) is 5.41. The van der Waals surface area contributed by atoms with E-state index in [2.05, 4.69) is 41.5 Å². The molecule has 1 fully saturated rings. The van der Waals surface area contributed by atoms with Crippen LogP contribution in [0.5, 0.6) is 0 Å². The summed E-state index contributed by atoms with van der Waals surface area (Å²) in [5, 5.41) is 5.08. The lowest BCUT2D eigenvalue weighted by Crippen LogP contribution is -2.44. The second kappa shape index (κ2) is 9.81. The number of rotatable bonds is 6. The molecule has 0 saturated carbocycles. The number of amides is 1. The van der Waals surface area contributed by atoms with Crippen LogP contribution in [0.2, 0.25) is 0 Å². The third-order valence-corrected chi connectivity index (χ3v) is 7.46. The van der Waals surface area contributed by atoms with Crippen molar-refractivity contribution in [1.82, 2.24) is 15.3 Å². The number of anilines is 1. The predicted octanol–water partition coefficient (Wildman–Crippen LogP) is 4.75. The van der Waals surface area contributed by atoms with Crippen LogP contribution >= 0.6 is 11.3 Å². The van der Waals surface area contributed by atoms with Crippen molar-refractivity contribution in [1.29, 1.82) is 0 Å². The minimum absolute atomic E-state index is 0.0493. The molecule has 0 spiro atoms. The highest BCUT2D eigenvalue weighted by molar-refractivity contribution is 7.17. The van der Waals surface area contributed by atoms with Gasteiger partial charge in [0.05, 0.1) is 11.4 Å². The Labute approximate surface area is 202 Å². The maximum absolute atomic E-state index is 12.9. The van der Waals surface area contributed by atoms with Gasteiger partial charge < -0.3 is 10.2 Å². The molecule has 1 atom stereocenters. The molecular formula is C27H28N4O2S. The highest BCUT2D eigenvalue weighted by Gasteiger charge is 2.27. The number of nitrogens with zero attached hydrogens (tertiary/aromatic N) is 2. The number of thiophene rings is 1. The molecule has 3 heterocycles. The topological polar surface area (TPSA) is 78.1 Å². The van der Waals surface area contributed by atoms with E-state index < -0.39 is 0 Å². The summed E-state index contributed by atoms with van der Waals surface area (Å²) in [6.07, 6.45) is 2.71. The summed E-state index contributed by atoms with van der Waals surface area (Å²) in [7, 11) is 0. The lowest BCUT2D eigenvalue weighted by Gasteiger charge is -2.32. The summed E-state index contributed by atoms with van der Waals surface area (Å²) in [5.41, 5.74) is 4.98. The van der Waals surface area contributed by atoms with Gasteiger partial charge in [0.2, 0.25) is 11.9 Å². The van der Waals surface area contributed by atoms with Crippen molar-refractivity contribution in [3.8, 4) is 11.1 Å². The van der Waals surface area contributed by atoms with E-state index in [9.17, 15) is 9.59 Å². The maximum atomic E-state index is 12.9. The predicted molar refractivity (Wildman–Crippen MR) is 138 cm³/mol. The average molecular weight is 473 g/mol. The van der Waals surface area contributed by atoms with Gasteiger partial charge in [-0.3, -0.25) is 14.6 Å². The Balaban J connectivity index is 1.32. The van der Waals surface area contributed by atoms with Gasteiger partial charge in [-0.25, -0.2) is 4.98 Å². The van der Waals surface area contributed by atoms with Crippen LogP contribution in [0.4, 0.5) is 5.95 Å². The van der Waals surface area contributed by atoms with Crippen LogP contribution in [0.25, 0.3) is 21.3 Å². The number of aromatic amines is 1. The molecule has 7 heteroatoms. The molecule has 2 aromatic carbocycles. The smallest absolute Gasteiger partial charge is 0.270 e. The first-order valence-electron chi connectivity index (χ1n) is 11.8. The number of carbonyl (C=O) groups is 1. The molecule has 174 valence electrons. The van der Waals surface area contributed by atoms with E-state index in [4.69, 9.17) is 4.98 Å². The lowest BCUT2D eigenvalue weighted by atomic mass is 9.97. The van der Waals surface area contributed by atoms with Crippen molar-refractivity contribution < 1.29 is 4.79 Å². The average Bonchev–Trinajstić information content (AvgIpc) is 3.33. The third kappa shape index (κ3) is 4.61. The number of fused-ring (bicyclic) bond motifs is 1. The number of nitrogens with one attached hydrogen (secondary N) is 2. The molecule has 1 amide bonds. The van der Waals surface area contributed by atoms with Crippen LogP contribution in [0.15, 0.2) is 64.8 Å². The number of aryl methyl sites for hydroxylation is 1. The van der Waals surface area contributed by atoms with Gasteiger partial charge in [0.15, 0.2) is 0 Å².